The molecule has 1 aromatic carbocycles. The standard InChI is InChI=1S/C15H20O3S/c1-12-4-6-14(7-5-12)19-10-8-15(16)18-11-13-3-2-9-17-13/h4-7,13H,2-3,8-11H2,1H3. The van der Waals surface area contributed by atoms with E-state index in [1.165, 1.54) is 10.5 Å². The molecule has 0 radical (unpaired) electrons. The van der Waals surface area contributed by atoms with E-state index < -0.39 is 0 Å². The zero-order valence-electron chi connectivity index (χ0n) is 11.3. The maximum Gasteiger partial charge on any atom is 0.306 e. The predicted molar refractivity (Wildman–Crippen MR) is 76.5 cm³/mol. The molecule has 0 spiro atoms. The van der Waals surface area contributed by atoms with Gasteiger partial charge in [0.05, 0.1) is 12.5 Å². The molecule has 0 amide bonds. The fraction of sp³-hybridized carbons (Fsp3) is 0.533. The van der Waals surface area contributed by atoms with Crippen LogP contribution < -0.4 is 0 Å². The molecular formula is C15H20O3S. The van der Waals surface area contributed by atoms with E-state index in [0.29, 0.717) is 13.0 Å². The molecule has 1 fully saturated rings. The van der Waals surface area contributed by atoms with Crippen molar-refractivity contribution in [1.82, 2.24) is 0 Å². The Morgan fingerprint density at radius 2 is 2.21 bits per heavy atom. The van der Waals surface area contributed by atoms with Gasteiger partial charge in [-0.2, -0.15) is 0 Å². The van der Waals surface area contributed by atoms with E-state index in [2.05, 4.69) is 31.2 Å². The normalized spacial score (nSPS) is 18.5. The van der Waals surface area contributed by atoms with Crippen molar-refractivity contribution in [3.63, 3.8) is 0 Å². The molecule has 1 saturated heterocycles. The number of aryl methyl sites for hydroxylation is 1. The first-order valence-corrected chi connectivity index (χ1v) is 7.69. The molecule has 1 atom stereocenters. The zero-order chi connectivity index (χ0) is 13.5. The molecule has 1 heterocycles. The Morgan fingerprint density at radius 1 is 1.42 bits per heavy atom. The second-order valence-electron chi connectivity index (χ2n) is 4.73. The van der Waals surface area contributed by atoms with E-state index >= 15 is 0 Å². The van der Waals surface area contributed by atoms with Crippen LogP contribution in [0.1, 0.15) is 24.8 Å². The average Bonchev–Trinajstić information content (AvgIpc) is 2.92. The second-order valence-corrected chi connectivity index (χ2v) is 5.90. The number of benzene rings is 1. The highest BCUT2D eigenvalue weighted by Crippen LogP contribution is 2.19. The molecule has 0 bridgehead atoms. The maximum atomic E-state index is 11.6. The lowest BCUT2D eigenvalue weighted by Gasteiger charge is -2.10. The minimum atomic E-state index is -0.130. The van der Waals surface area contributed by atoms with E-state index in [-0.39, 0.29) is 12.1 Å². The lowest BCUT2D eigenvalue weighted by molar-refractivity contribution is -0.146. The molecule has 104 valence electrons. The minimum Gasteiger partial charge on any atom is -0.463 e. The van der Waals surface area contributed by atoms with Gasteiger partial charge < -0.3 is 9.47 Å². The van der Waals surface area contributed by atoms with Gasteiger partial charge in [-0.05, 0) is 31.9 Å². The van der Waals surface area contributed by atoms with Crippen molar-refractivity contribution in [2.75, 3.05) is 19.0 Å². The van der Waals surface area contributed by atoms with Crippen LogP contribution in [-0.2, 0) is 14.3 Å². The topological polar surface area (TPSA) is 35.5 Å². The summed E-state index contributed by atoms with van der Waals surface area (Å²) in [5.74, 6) is 0.628. The van der Waals surface area contributed by atoms with Crippen molar-refractivity contribution in [3.8, 4) is 0 Å². The van der Waals surface area contributed by atoms with Crippen LogP contribution in [0.25, 0.3) is 0 Å². The van der Waals surface area contributed by atoms with Crippen LogP contribution in [0.3, 0.4) is 0 Å². The largest absolute Gasteiger partial charge is 0.463 e. The van der Waals surface area contributed by atoms with Crippen LogP contribution in [0.2, 0.25) is 0 Å². The number of carbonyl (C=O) groups excluding carboxylic acids is 1. The Bertz CT molecular complexity index is 396. The summed E-state index contributed by atoms with van der Waals surface area (Å²) in [6.07, 6.45) is 2.65. The molecule has 0 aliphatic carbocycles. The Morgan fingerprint density at radius 3 is 2.89 bits per heavy atom. The molecule has 1 aromatic rings. The van der Waals surface area contributed by atoms with Crippen LogP contribution in [0.4, 0.5) is 0 Å². The number of esters is 1. The predicted octanol–water partition coefficient (Wildman–Crippen LogP) is 3.20. The van der Waals surface area contributed by atoms with Crippen LogP contribution in [0.15, 0.2) is 29.2 Å². The maximum absolute atomic E-state index is 11.6. The van der Waals surface area contributed by atoms with E-state index in [1.807, 2.05) is 0 Å². The summed E-state index contributed by atoms with van der Waals surface area (Å²) in [4.78, 5) is 12.7. The smallest absolute Gasteiger partial charge is 0.306 e. The van der Waals surface area contributed by atoms with Crippen molar-refractivity contribution >= 4 is 17.7 Å². The van der Waals surface area contributed by atoms with Crippen molar-refractivity contribution < 1.29 is 14.3 Å². The van der Waals surface area contributed by atoms with Gasteiger partial charge in [0.15, 0.2) is 0 Å². The average molecular weight is 280 g/mol. The van der Waals surface area contributed by atoms with Gasteiger partial charge in [-0.1, -0.05) is 17.7 Å². The summed E-state index contributed by atoms with van der Waals surface area (Å²) in [5.41, 5.74) is 1.25. The highest BCUT2D eigenvalue weighted by Gasteiger charge is 2.17. The van der Waals surface area contributed by atoms with Gasteiger partial charge >= 0.3 is 5.97 Å². The first kappa shape index (κ1) is 14.4. The quantitative estimate of drug-likeness (QED) is 0.592. The fourth-order valence-corrected chi connectivity index (χ4v) is 2.75. The number of carbonyl (C=O) groups is 1. The Balaban J connectivity index is 1.59. The van der Waals surface area contributed by atoms with Gasteiger partial charge in [-0.3, -0.25) is 4.79 Å². The lowest BCUT2D eigenvalue weighted by atomic mass is 10.2. The highest BCUT2D eigenvalue weighted by molar-refractivity contribution is 7.99. The third-order valence-electron chi connectivity index (χ3n) is 3.05. The van der Waals surface area contributed by atoms with Crippen LogP contribution in [-0.4, -0.2) is 31.0 Å². The van der Waals surface area contributed by atoms with Gasteiger partial charge in [0.25, 0.3) is 0 Å². The summed E-state index contributed by atoms with van der Waals surface area (Å²) >= 11 is 1.68. The number of thioether (sulfide) groups is 1. The molecule has 1 aliphatic rings. The molecule has 4 heteroatoms. The summed E-state index contributed by atoms with van der Waals surface area (Å²) < 4.78 is 10.6. The van der Waals surface area contributed by atoms with E-state index in [4.69, 9.17) is 9.47 Å². The number of rotatable bonds is 6. The highest BCUT2D eigenvalue weighted by atomic mass is 32.2. The molecule has 3 nitrogen and oxygen atoms in total. The van der Waals surface area contributed by atoms with Crippen molar-refractivity contribution in [2.45, 2.75) is 37.2 Å². The fourth-order valence-electron chi connectivity index (χ4n) is 1.92. The molecule has 2 rings (SSSR count). The van der Waals surface area contributed by atoms with Gasteiger partial charge in [-0.25, -0.2) is 0 Å². The van der Waals surface area contributed by atoms with Crippen LogP contribution in [0, 0.1) is 6.92 Å². The molecule has 0 saturated carbocycles. The Kier molecular flexibility index (Phi) is 5.73. The summed E-state index contributed by atoms with van der Waals surface area (Å²) in [5, 5.41) is 0. The van der Waals surface area contributed by atoms with Crippen LogP contribution in [0.5, 0.6) is 0 Å². The molecule has 1 unspecified atom stereocenters. The third kappa shape index (κ3) is 5.25. The van der Waals surface area contributed by atoms with E-state index in [9.17, 15) is 4.79 Å². The minimum absolute atomic E-state index is 0.119. The van der Waals surface area contributed by atoms with Gasteiger partial charge in [0, 0.05) is 17.3 Å². The molecule has 1 aliphatic heterocycles. The summed E-state index contributed by atoms with van der Waals surface area (Å²) in [6, 6.07) is 8.32. The second kappa shape index (κ2) is 7.56. The molecule has 0 N–H and O–H groups in total. The Hall–Kier alpha value is -1.00. The van der Waals surface area contributed by atoms with Crippen molar-refractivity contribution in [3.05, 3.63) is 29.8 Å². The Labute approximate surface area is 118 Å². The monoisotopic (exact) mass is 280 g/mol. The van der Waals surface area contributed by atoms with Crippen LogP contribution >= 0.6 is 11.8 Å². The van der Waals surface area contributed by atoms with E-state index in [1.54, 1.807) is 11.8 Å². The summed E-state index contributed by atoms with van der Waals surface area (Å²) in [7, 11) is 0. The molecule has 0 aromatic heterocycles. The first-order chi connectivity index (χ1) is 9.24. The number of hydrogen-bond acceptors (Lipinski definition) is 4. The van der Waals surface area contributed by atoms with Gasteiger partial charge in [0.1, 0.15) is 6.61 Å². The lowest BCUT2D eigenvalue weighted by Crippen LogP contribution is -2.17. The summed E-state index contributed by atoms with van der Waals surface area (Å²) in [6.45, 7) is 3.27. The van der Waals surface area contributed by atoms with E-state index in [0.717, 1.165) is 25.2 Å². The third-order valence-corrected chi connectivity index (χ3v) is 4.06. The van der Waals surface area contributed by atoms with Gasteiger partial charge in [0.2, 0.25) is 0 Å². The van der Waals surface area contributed by atoms with Gasteiger partial charge in [-0.15, -0.1) is 11.8 Å². The first-order valence-electron chi connectivity index (χ1n) is 6.71. The zero-order valence-corrected chi connectivity index (χ0v) is 12.1. The SMILES string of the molecule is Cc1ccc(SCCC(=O)OCC2CCCO2)cc1. The number of ether oxygens (including phenoxy) is 2. The van der Waals surface area contributed by atoms with Crippen molar-refractivity contribution in [1.29, 1.82) is 0 Å². The van der Waals surface area contributed by atoms with Crippen molar-refractivity contribution in [2.24, 2.45) is 0 Å². The molecule has 19 heavy (non-hydrogen) atoms. The molecular weight excluding hydrogens is 260 g/mol. The number of hydrogen-bond donors (Lipinski definition) is 0.